The van der Waals surface area contributed by atoms with Gasteiger partial charge in [-0.1, -0.05) is 111 Å². The molecule has 0 radical (unpaired) electrons. The van der Waals surface area contributed by atoms with Gasteiger partial charge in [0.05, 0.1) is 50.6 Å². The lowest BCUT2D eigenvalue weighted by Crippen LogP contribution is -2.17. The summed E-state index contributed by atoms with van der Waals surface area (Å²) in [6.45, 7) is 4.44. The van der Waals surface area contributed by atoms with E-state index in [1.165, 1.54) is 16.3 Å². The maximum absolute atomic E-state index is 10.9. The number of pyridine rings is 1. The third kappa shape index (κ3) is 4.34. The number of nitrogens with zero attached hydrogens (tertiary/aromatic N) is 5. The Bertz CT molecular complexity index is 3180. The zero-order valence-electron chi connectivity index (χ0n) is 29.7. The minimum atomic E-state index is -0.326. The Balaban J connectivity index is 1.18. The van der Waals surface area contributed by atoms with E-state index in [0.717, 1.165) is 88.6 Å². The molecule has 5 nitrogen and oxygen atoms in total. The van der Waals surface area contributed by atoms with E-state index in [1.807, 2.05) is 18.3 Å². The third-order valence-electron chi connectivity index (χ3n) is 11.4. The molecule has 10 aromatic rings. The molecule has 0 saturated heterocycles. The maximum Gasteiger partial charge on any atom is 0.101 e. The highest BCUT2D eigenvalue weighted by Crippen LogP contribution is 2.49. The number of nitriles is 1. The molecule has 0 amide bonds. The summed E-state index contributed by atoms with van der Waals surface area (Å²) in [5.41, 5.74) is 11.5. The third-order valence-corrected chi connectivity index (χ3v) is 11.4. The fourth-order valence-electron chi connectivity index (χ4n) is 8.65. The summed E-state index contributed by atoms with van der Waals surface area (Å²) in [4.78, 5) is 15.6. The van der Waals surface area contributed by atoms with E-state index in [9.17, 15) is 5.26 Å². The fourth-order valence-corrected chi connectivity index (χ4v) is 8.65. The van der Waals surface area contributed by atoms with Gasteiger partial charge in [-0.15, -0.1) is 0 Å². The lowest BCUT2D eigenvalue weighted by atomic mass is 9.85. The lowest BCUT2D eigenvalue weighted by Gasteiger charge is -2.21. The predicted octanol–water partition coefficient (Wildman–Crippen LogP) is 11.9. The van der Waals surface area contributed by atoms with Crippen LogP contribution in [-0.2, 0) is 5.41 Å². The highest BCUT2D eigenvalue weighted by molar-refractivity contribution is 6.16. The quantitative estimate of drug-likeness (QED) is 0.185. The maximum atomic E-state index is 10.9. The van der Waals surface area contributed by atoms with Crippen LogP contribution in [0.3, 0.4) is 0 Å². The largest absolute Gasteiger partial charge is 0.308 e. The Hall–Kier alpha value is -7.16. The molecule has 3 heterocycles. The van der Waals surface area contributed by atoms with Gasteiger partial charge in [0.1, 0.15) is 6.07 Å². The van der Waals surface area contributed by atoms with E-state index >= 15 is 0 Å². The second-order valence-electron chi connectivity index (χ2n) is 14.8. The van der Waals surface area contributed by atoms with E-state index in [2.05, 4.69) is 163 Å². The van der Waals surface area contributed by atoms with Gasteiger partial charge in [-0.05, 0) is 75.6 Å². The van der Waals surface area contributed by atoms with E-state index in [1.54, 1.807) is 0 Å². The zero-order valence-corrected chi connectivity index (χ0v) is 29.7. The van der Waals surface area contributed by atoms with Gasteiger partial charge >= 0.3 is 0 Å². The molecule has 11 rings (SSSR count). The number of fused-ring (bicyclic) bond motifs is 9. The number of aromatic nitrogens is 4. The van der Waals surface area contributed by atoms with E-state index < -0.39 is 0 Å². The molecular formula is C49H31N5. The molecule has 0 atom stereocenters. The van der Waals surface area contributed by atoms with Crippen LogP contribution in [0, 0.1) is 11.3 Å². The number of hydrogen-bond acceptors (Lipinski definition) is 4. The molecule has 1 aliphatic carbocycles. The number of rotatable bonds is 3. The van der Waals surface area contributed by atoms with Crippen molar-refractivity contribution in [1.29, 1.82) is 5.26 Å². The van der Waals surface area contributed by atoms with Crippen LogP contribution in [0.4, 0.5) is 0 Å². The molecule has 3 aromatic heterocycles. The van der Waals surface area contributed by atoms with Gasteiger partial charge in [0.25, 0.3) is 0 Å². The van der Waals surface area contributed by atoms with Gasteiger partial charge in [0.15, 0.2) is 0 Å². The Kier molecular flexibility index (Phi) is 6.30. The molecule has 54 heavy (non-hydrogen) atoms. The van der Waals surface area contributed by atoms with Crippen molar-refractivity contribution in [2.24, 2.45) is 0 Å². The SMILES string of the molecule is CC1(C)c2ccccc2-c2nc(-c3ccc(-n4c5cc6ccccc6cc5c5cc6ccccc6cc54)c(C#N)c3)c(-c3ccc4cccnc4c3)nc21. The molecule has 252 valence electrons. The lowest BCUT2D eigenvalue weighted by molar-refractivity contribution is 0.636. The van der Waals surface area contributed by atoms with Crippen LogP contribution in [0.1, 0.15) is 30.7 Å². The molecule has 0 fully saturated rings. The molecule has 0 unspecified atom stereocenters. The van der Waals surface area contributed by atoms with Crippen molar-refractivity contribution < 1.29 is 0 Å². The first-order valence-corrected chi connectivity index (χ1v) is 18.2. The van der Waals surface area contributed by atoms with Gasteiger partial charge in [0.2, 0.25) is 0 Å². The van der Waals surface area contributed by atoms with Crippen LogP contribution in [0.5, 0.6) is 0 Å². The van der Waals surface area contributed by atoms with Crippen LogP contribution in [0.2, 0.25) is 0 Å². The normalized spacial score (nSPS) is 13.1. The van der Waals surface area contributed by atoms with Crippen LogP contribution < -0.4 is 0 Å². The van der Waals surface area contributed by atoms with Crippen molar-refractivity contribution in [3.05, 3.63) is 169 Å². The van der Waals surface area contributed by atoms with E-state index in [0.29, 0.717) is 5.56 Å². The van der Waals surface area contributed by atoms with Gasteiger partial charge in [0, 0.05) is 44.5 Å². The topological polar surface area (TPSA) is 67.4 Å². The fraction of sp³-hybridized carbons (Fsp3) is 0.0612. The Labute approximate surface area is 311 Å². The summed E-state index contributed by atoms with van der Waals surface area (Å²) in [6, 6.07) is 53.5. The molecule has 0 aliphatic heterocycles. The Morgan fingerprint density at radius 1 is 0.556 bits per heavy atom. The van der Waals surface area contributed by atoms with Gasteiger partial charge in [-0.2, -0.15) is 5.26 Å². The molecule has 7 aromatic carbocycles. The summed E-state index contributed by atoms with van der Waals surface area (Å²) in [5.74, 6) is 0. The number of hydrogen-bond donors (Lipinski definition) is 0. The smallest absolute Gasteiger partial charge is 0.101 e. The van der Waals surface area contributed by atoms with Crippen molar-refractivity contribution in [3.63, 3.8) is 0 Å². The second-order valence-corrected chi connectivity index (χ2v) is 14.8. The average molecular weight is 690 g/mol. The molecule has 0 spiro atoms. The minimum absolute atomic E-state index is 0.326. The van der Waals surface area contributed by atoms with Gasteiger partial charge in [-0.3, -0.25) is 4.98 Å². The first-order chi connectivity index (χ1) is 26.5. The minimum Gasteiger partial charge on any atom is -0.308 e. The summed E-state index contributed by atoms with van der Waals surface area (Å²) in [6.07, 6.45) is 1.82. The highest BCUT2D eigenvalue weighted by atomic mass is 15.0. The average Bonchev–Trinajstić information content (AvgIpc) is 3.64. The van der Waals surface area contributed by atoms with Crippen molar-refractivity contribution in [2.75, 3.05) is 0 Å². The highest BCUT2D eigenvalue weighted by Gasteiger charge is 2.39. The van der Waals surface area contributed by atoms with Crippen LogP contribution in [0.15, 0.2) is 152 Å². The molecule has 1 aliphatic rings. The Morgan fingerprint density at radius 2 is 1.15 bits per heavy atom. The molecule has 0 saturated carbocycles. The number of benzene rings is 7. The van der Waals surface area contributed by atoms with Gasteiger partial charge in [-0.25, -0.2) is 9.97 Å². The first-order valence-electron chi connectivity index (χ1n) is 18.2. The summed E-state index contributed by atoms with van der Waals surface area (Å²) in [5, 5.41) is 19.0. The molecule has 0 N–H and O–H groups in total. The predicted molar refractivity (Wildman–Crippen MR) is 220 cm³/mol. The van der Waals surface area contributed by atoms with E-state index in [-0.39, 0.29) is 5.41 Å². The molecular weight excluding hydrogens is 659 g/mol. The monoisotopic (exact) mass is 689 g/mol. The molecule has 0 bridgehead atoms. The van der Waals surface area contributed by atoms with Crippen LogP contribution in [0.25, 0.3) is 93.7 Å². The Morgan fingerprint density at radius 3 is 1.85 bits per heavy atom. The first kappa shape index (κ1) is 30.5. The molecule has 5 heteroatoms. The van der Waals surface area contributed by atoms with Crippen molar-refractivity contribution >= 4 is 54.3 Å². The van der Waals surface area contributed by atoms with Crippen molar-refractivity contribution in [1.82, 2.24) is 19.5 Å². The van der Waals surface area contributed by atoms with Crippen molar-refractivity contribution in [3.8, 4) is 45.5 Å². The second kappa shape index (κ2) is 11.2. The van der Waals surface area contributed by atoms with Crippen LogP contribution >= 0.6 is 0 Å². The zero-order chi connectivity index (χ0) is 36.1. The van der Waals surface area contributed by atoms with Crippen molar-refractivity contribution in [2.45, 2.75) is 19.3 Å². The van der Waals surface area contributed by atoms with Crippen LogP contribution in [-0.4, -0.2) is 19.5 Å². The summed E-state index contributed by atoms with van der Waals surface area (Å²) >= 11 is 0. The summed E-state index contributed by atoms with van der Waals surface area (Å²) < 4.78 is 2.26. The van der Waals surface area contributed by atoms with Gasteiger partial charge < -0.3 is 4.57 Å². The standard InChI is InChI=1S/C49H31N5/c1-49(2)40-16-8-7-15-37(40)47-48(49)53-46(35-18-17-29-14-9-21-51-41(29)25-35)45(52-47)34-19-20-42(36(22-34)28-50)54-43-26-32-12-5-3-10-30(32)23-38(43)39-24-31-11-4-6-13-33(31)27-44(39)54/h3-27H,1-2H3. The summed E-state index contributed by atoms with van der Waals surface area (Å²) in [7, 11) is 0. The van der Waals surface area contributed by atoms with E-state index in [4.69, 9.17) is 9.97 Å².